The van der Waals surface area contributed by atoms with Crippen LogP contribution in [0, 0.1) is 0 Å². The molecule has 0 saturated carbocycles. The Morgan fingerprint density at radius 3 is 2.00 bits per heavy atom. The van der Waals surface area contributed by atoms with Gasteiger partial charge in [-0.3, -0.25) is 0 Å². The number of hydrogen-bond donors (Lipinski definition) is 2. The highest BCUT2D eigenvalue weighted by Gasteiger charge is 1.98. The minimum absolute atomic E-state index is 0.158. The highest BCUT2D eigenvalue weighted by molar-refractivity contribution is 4.56. The number of aliphatic hydroxyl groups is 1. The SMILES string of the molecule is CCCCCCCCCCNCC(O)CC. The van der Waals surface area contributed by atoms with Crippen molar-refractivity contribution in [2.45, 2.75) is 77.7 Å². The van der Waals surface area contributed by atoms with Gasteiger partial charge in [0.25, 0.3) is 0 Å². The van der Waals surface area contributed by atoms with Crippen molar-refractivity contribution >= 4 is 0 Å². The number of rotatable bonds is 12. The Bertz CT molecular complexity index is 128. The van der Waals surface area contributed by atoms with Crippen molar-refractivity contribution in [2.75, 3.05) is 13.1 Å². The van der Waals surface area contributed by atoms with E-state index >= 15 is 0 Å². The summed E-state index contributed by atoms with van der Waals surface area (Å²) in [6, 6.07) is 0. The summed E-state index contributed by atoms with van der Waals surface area (Å²) in [7, 11) is 0. The van der Waals surface area contributed by atoms with E-state index in [-0.39, 0.29) is 6.10 Å². The Hall–Kier alpha value is -0.0800. The molecule has 0 aliphatic heterocycles. The van der Waals surface area contributed by atoms with Gasteiger partial charge in [0.1, 0.15) is 0 Å². The van der Waals surface area contributed by atoms with Crippen molar-refractivity contribution in [3.05, 3.63) is 0 Å². The summed E-state index contributed by atoms with van der Waals surface area (Å²) in [5.41, 5.74) is 0. The van der Waals surface area contributed by atoms with Gasteiger partial charge in [0, 0.05) is 6.54 Å². The van der Waals surface area contributed by atoms with E-state index in [1.807, 2.05) is 6.92 Å². The van der Waals surface area contributed by atoms with Crippen LogP contribution in [-0.2, 0) is 0 Å². The van der Waals surface area contributed by atoms with Gasteiger partial charge in [-0.25, -0.2) is 0 Å². The third kappa shape index (κ3) is 12.0. The van der Waals surface area contributed by atoms with E-state index in [1.54, 1.807) is 0 Å². The number of nitrogens with one attached hydrogen (secondary N) is 1. The maximum atomic E-state index is 9.32. The lowest BCUT2D eigenvalue weighted by molar-refractivity contribution is 0.167. The summed E-state index contributed by atoms with van der Waals surface area (Å²) in [4.78, 5) is 0. The van der Waals surface area contributed by atoms with Gasteiger partial charge in [-0.1, -0.05) is 58.8 Å². The zero-order valence-electron chi connectivity index (χ0n) is 11.3. The zero-order chi connectivity index (χ0) is 12.1. The molecule has 0 aliphatic rings. The third-order valence-electron chi connectivity index (χ3n) is 3.06. The lowest BCUT2D eigenvalue weighted by atomic mass is 10.1. The van der Waals surface area contributed by atoms with E-state index in [0.717, 1.165) is 19.5 Å². The first kappa shape index (κ1) is 15.9. The van der Waals surface area contributed by atoms with Gasteiger partial charge < -0.3 is 10.4 Å². The van der Waals surface area contributed by atoms with Crippen molar-refractivity contribution in [3.63, 3.8) is 0 Å². The fraction of sp³-hybridized carbons (Fsp3) is 1.00. The van der Waals surface area contributed by atoms with Gasteiger partial charge >= 0.3 is 0 Å². The molecular weight excluding hydrogens is 198 g/mol. The van der Waals surface area contributed by atoms with E-state index in [1.165, 1.54) is 51.4 Å². The first-order valence-electron chi connectivity index (χ1n) is 7.20. The topological polar surface area (TPSA) is 32.3 Å². The Balaban J connectivity index is 2.93. The minimum Gasteiger partial charge on any atom is -0.392 e. The van der Waals surface area contributed by atoms with Crippen molar-refractivity contribution in [1.29, 1.82) is 0 Å². The normalized spacial score (nSPS) is 12.9. The fourth-order valence-corrected chi connectivity index (χ4v) is 1.80. The molecule has 2 N–H and O–H groups in total. The predicted molar refractivity (Wildman–Crippen MR) is 71.8 cm³/mol. The molecule has 0 aliphatic carbocycles. The second-order valence-corrected chi connectivity index (χ2v) is 4.74. The van der Waals surface area contributed by atoms with Crippen LogP contribution in [0.5, 0.6) is 0 Å². The van der Waals surface area contributed by atoms with E-state index in [0.29, 0.717) is 0 Å². The van der Waals surface area contributed by atoms with Gasteiger partial charge in [-0.15, -0.1) is 0 Å². The van der Waals surface area contributed by atoms with Gasteiger partial charge in [-0.05, 0) is 19.4 Å². The van der Waals surface area contributed by atoms with Gasteiger partial charge in [-0.2, -0.15) is 0 Å². The average Bonchev–Trinajstić information content (AvgIpc) is 2.31. The Morgan fingerprint density at radius 1 is 0.875 bits per heavy atom. The van der Waals surface area contributed by atoms with Gasteiger partial charge in [0.05, 0.1) is 6.10 Å². The Labute approximate surface area is 102 Å². The quantitative estimate of drug-likeness (QED) is 0.502. The second-order valence-electron chi connectivity index (χ2n) is 4.74. The summed E-state index contributed by atoms with van der Waals surface area (Å²) < 4.78 is 0. The van der Waals surface area contributed by atoms with E-state index in [9.17, 15) is 5.11 Å². The highest BCUT2D eigenvalue weighted by Crippen LogP contribution is 2.07. The molecule has 16 heavy (non-hydrogen) atoms. The molecule has 0 bridgehead atoms. The molecule has 0 aromatic rings. The summed E-state index contributed by atoms with van der Waals surface area (Å²) >= 11 is 0. The highest BCUT2D eigenvalue weighted by atomic mass is 16.3. The summed E-state index contributed by atoms with van der Waals surface area (Å²) in [6.07, 6.45) is 11.6. The van der Waals surface area contributed by atoms with Crippen LogP contribution in [0.1, 0.15) is 71.6 Å². The van der Waals surface area contributed by atoms with Crippen molar-refractivity contribution in [3.8, 4) is 0 Å². The van der Waals surface area contributed by atoms with Crippen LogP contribution in [0.4, 0.5) is 0 Å². The third-order valence-corrected chi connectivity index (χ3v) is 3.06. The number of aliphatic hydroxyl groups excluding tert-OH is 1. The maximum Gasteiger partial charge on any atom is 0.0662 e. The number of hydrogen-bond acceptors (Lipinski definition) is 2. The zero-order valence-corrected chi connectivity index (χ0v) is 11.3. The second kappa shape index (κ2) is 13.0. The predicted octanol–water partition coefficient (Wildman–Crippen LogP) is 3.49. The van der Waals surface area contributed by atoms with Crippen molar-refractivity contribution < 1.29 is 5.11 Å². The molecule has 0 aromatic carbocycles. The van der Waals surface area contributed by atoms with Gasteiger partial charge in [0.15, 0.2) is 0 Å². The molecule has 0 spiro atoms. The van der Waals surface area contributed by atoms with Crippen LogP contribution < -0.4 is 5.32 Å². The van der Waals surface area contributed by atoms with Crippen LogP contribution in [0.2, 0.25) is 0 Å². The van der Waals surface area contributed by atoms with Crippen molar-refractivity contribution in [2.24, 2.45) is 0 Å². The van der Waals surface area contributed by atoms with Crippen LogP contribution >= 0.6 is 0 Å². The monoisotopic (exact) mass is 229 g/mol. The first-order valence-corrected chi connectivity index (χ1v) is 7.20. The molecule has 2 heteroatoms. The van der Waals surface area contributed by atoms with E-state index in [2.05, 4.69) is 12.2 Å². The molecule has 0 amide bonds. The molecule has 0 aromatic heterocycles. The standard InChI is InChI=1S/C14H31NO/c1-3-5-6-7-8-9-10-11-12-15-13-14(16)4-2/h14-16H,3-13H2,1-2H3. The molecule has 0 fully saturated rings. The van der Waals surface area contributed by atoms with E-state index < -0.39 is 0 Å². The van der Waals surface area contributed by atoms with Crippen LogP contribution in [-0.4, -0.2) is 24.3 Å². The molecule has 2 nitrogen and oxygen atoms in total. The average molecular weight is 229 g/mol. The molecule has 1 atom stereocenters. The smallest absolute Gasteiger partial charge is 0.0662 e. The van der Waals surface area contributed by atoms with Gasteiger partial charge in [0.2, 0.25) is 0 Å². The molecule has 1 unspecified atom stereocenters. The minimum atomic E-state index is -0.158. The van der Waals surface area contributed by atoms with Crippen molar-refractivity contribution in [1.82, 2.24) is 5.32 Å². The summed E-state index contributed by atoms with van der Waals surface area (Å²) in [6.45, 7) is 6.10. The lowest BCUT2D eigenvalue weighted by Crippen LogP contribution is -2.26. The largest absolute Gasteiger partial charge is 0.392 e. The number of unbranched alkanes of at least 4 members (excludes halogenated alkanes) is 7. The Morgan fingerprint density at radius 2 is 1.44 bits per heavy atom. The fourth-order valence-electron chi connectivity index (χ4n) is 1.80. The molecule has 98 valence electrons. The van der Waals surface area contributed by atoms with Crippen LogP contribution in [0.3, 0.4) is 0 Å². The summed E-state index contributed by atoms with van der Waals surface area (Å²) in [5.74, 6) is 0. The first-order chi connectivity index (χ1) is 7.81. The van der Waals surface area contributed by atoms with E-state index in [4.69, 9.17) is 0 Å². The molecule has 0 saturated heterocycles. The summed E-state index contributed by atoms with van der Waals surface area (Å²) in [5, 5.41) is 12.6. The van der Waals surface area contributed by atoms with Crippen LogP contribution in [0.25, 0.3) is 0 Å². The molecule has 0 radical (unpaired) electrons. The van der Waals surface area contributed by atoms with Crippen LogP contribution in [0.15, 0.2) is 0 Å². The maximum absolute atomic E-state index is 9.32. The molecule has 0 heterocycles. The lowest BCUT2D eigenvalue weighted by Gasteiger charge is -2.08. The molecular formula is C14H31NO. The molecule has 0 rings (SSSR count). The Kier molecular flexibility index (Phi) is 12.9.